The first-order valence-electron chi connectivity index (χ1n) is 9.17. The standard InChI is InChI=1S/C21H20ClF3N4O/c1-4-26-20-27-17(14-6-5-7-16(10-14)30-21(23,24)25)11-18(29-20)28-19-12(2)8-15(22)9-13(19)3/h5-11H,4H2,1-3H3,(H2,26,27,28,29). The number of hydrogen-bond acceptors (Lipinski definition) is 5. The molecule has 30 heavy (non-hydrogen) atoms. The lowest BCUT2D eigenvalue weighted by atomic mass is 10.1. The number of ether oxygens (including phenoxy) is 1. The van der Waals surface area contributed by atoms with Crippen LogP contribution in [0.5, 0.6) is 5.75 Å². The molecule has 0 spiro atoms. The maximum absolute atomic E-state index is 12.6. The molecule has 5 nitrogen and oxygen atoms in total. The van der Waals surface area contributed by atoms with E-state index < -0.39 is 6.36 Å². The molecule has 0 aliphatic heterocycles. The van der Waals surface area contributed by atoms with Gasteiger partial charge in [-0.05, 0) is 56.2 Å². The van der Waals surface area contributed by atoms with Crippen LogP contribution in [0.4, 0.5) is 30.6 Å². The summed E-state index contributed by atoms with van der Waals surface area (Å²) in [6, 6.07) is 11.0. The summed E-state index contributed by atoms with van der Waals surface area (Å²) >= 11 is 6.10. The molecule has 158 valence electrons. The van der Waals surface area contributed by atoms with Gasteiger partial charge in [0.1, 0.15) is 11.6 Å². The molecule has 0 atom stereocenters. The number of aromatic nitrogens is 2. The van der Waals surface area contributed by atoms with Gasteiger partial charge >= 0.3 is 6.36 Å². The van der Waals surface area contributed by atoms with Crippen LogP contribution >= 0.6 is 11.6 Å². The number of hydrogen-bond donors (Lipinski definition) is 2. The molecule has 2 aromatic carbocycles. The number of aryl methyl sites for hydroxylation is 2. The molecule has 0 saturated carbocycles. The summed E-state index contributed by atoms with van der Waals surface area (Å²) in [4.78, 5) is 8.86. The van der Waals surface area contributed by atoms with Crippen molar-refractivity contribution in [2.75, 3.05) is 17.2 Å². The summed E-state index contributed by atoms with van der Waals surface area (Å²) in [5, 5.41) is 6.94. The molecular weight excluding hydrogens is 417 g/mol. The van der Waals surface area contributed by atoms with Gasteiger partial charge < -0.3 is 15.4 Å². The lowest BCUT2D eigenvalue weighted by molar-refractivity contribution is -0.274. The van der Waals surface area contributed by atoms with E-state index in [0.717, 1.165) is 16.8 Å². The molecule has 0 aliphatic carbocycles. The number of alkyl halides is 3. The molecule has 0 bridgehead atoms. The summed E-state index contributed by atoms with van der Waals surface area (Å²) in [5.74, 6) is 0.526. The summed E-state index contributed by atoms with van der Waals surface area (Å²) in [6.07, 6.45) is -4.77. The normalized spacial score (nSPS) is 11.3. The van der Waals surface area contributed by atoms with Crippen LogP contribution < -0.4 is 15.4 Å². The Morgan fingerprint density at radius 2 is 1.73 bits per heavy atom. The molecule has 0 amide bonds. The number of rotatable bonds is 6. The summed E-state index contributed by atoms with van der Waals surface area (Å²) in [7, 11) is 0. The summed E-state index contributed by atoms with van der Waals surface area (Å²) in [6.45, 7) is 6.33. The van der Waals surface area contributed by atoms with Gasteiger partial charge in [-0.3, -0.25) is 0 Å². The molecule has 9 heteroatoms. The van der Waals surface area contributed by atoms with E-state index in [1.165, 1.54) is 18.2 Å². The molecule has 1 aromatic heterocycles. The van der Waals surface area contributed by atoms with E-state index in [-0.39, 0.29) is 5.75 Å². The van der Waals surface area contributed by atoms with Crippen LogP contribution in [-0.4, -0.2) is 22.9 Å². The lowest BCUT2D eigenvalue weighted by Gasteiger charge is -2.15. The zero-order valence-electron chi connectivity index (χ0n) is 16.6. The molecule has 0 radical (unpaired) electrons. The van der Waals surface area contributed by atoms with Crippen molar-refractivity contribution < 1.29 is 17.9 Å². The van der Waals surface area contributed by atoms with Gasteiger partial charge in [0.05, 0.1) is 5.69 Å². The second-order valence-electron chi connectivity index (χ2n) is 6.61. The zero-order valence-corrected chi connectivity index (χ0v) is 17.3. The van der Waals surface area contributed by atoms with Gasteiger partial charge in [0.15, 0.2) is 0 Å². The number of nitrogens with zero attached hydrogens (tertiary/aromatic N) is 2. The molecular formula is C21H20ClF3N4O. The minimum atomic E-state index is -4.77. The highest BCUT2D eigenvalue weighted by Crippen LogP contribution is 2.31. The second kappa shape index (κ2) is 8.79. The third-order valence-corrected chi connectivity index (χ3v) is 4.39. The van der Waals surface area contributed by atoms with Crippen molar-refractivity contribution in [1.29, 1.82) is 0 Å². The van der Waals surface area contributed by atoms with E-state index in [1.54, 1.807) is 12.1 Å². The number of benzene rings is 2. The zero-order chi connectivity index (χ0) is 21.9. The van der Waals surface area contributed by atoms with Crippen LogP contribution in [0.1, 0.15) is 18.1 Å². The van der Waals surface area contributed by atoms with E-state index in [0.29, 0.717) is 34.6 Å². The number of halogens is 4. The molecule has 2 N–H and O–H groups in total. The molecule has 0 aliphatic rings. The predicted octanol–water partition coefficient (Wildman–Crippen LogP) is 6.49. The molecule has 3 aromatic rings. The first-order valence-corrected chi connectivity index (χ1v) is 9.55. The van der Waals surface area contributed by atoms with E-state index in [1.807, 2.05) is 32.9 Å². The van der Waals surface area contributed by atoms with Gasteiger partial charge in [0.25, 0.3) is 0 Å². The van der Waals surface area contributed by atoms with Gasteiger partial charge in [-0.15, -0.1) is 13.2 Å². The first-order chi connectivity index (χ1) is 14.1. The quantitative estimate of drug-likeness (QED) is 0.462. The Kier molecular flexibility index (Phi) is 6.36. The van der Waals surface area contributed by atoms with Crippen LogP contribution in [0, 0.1) is 13.8 Å². The highest BCUT2D eigenvalue weighted by Gasteiger charge is 2.31. The largest absolute Gasteiger partial charge is 0.573 e. The highest BCUT2D eigenvalue weighted by atomic mass is 35.5. The SMILES string of the molecule is CCNc1nc(Nc2c(C)cc(Cl)cc2C)cc(-c2cccc(OC(F)(F)F)c2)n1. The van der Waals surface area contributed by atoms with Gasteiger partial charge in [0, 0.05) is 28.9 Å². The molecule has 1 heterocycles. The first kappa shape index (κ1) is 21.7. The highest BCUT2D eigenvalue weighted by molar-refractivity contribution is 6.30. The lowest BCUT2D eigenvalue weighted by Crippen LogP contribution is -2.17. The summed E-state index contributed by atoms with van der Waals surface area (Å²) < 4.78 is 41.7. The molecule has 3 rings (SSSR count). The smallest absolute Gasteiger partial charge is 0.406 e. The Balaban J connectivity index is 2.01. The Hall–Kier alpha value is -3.00. The number of nitrogens with one attached hydrogen (secondary N) is 2. The number of anilines is 3. The van der Waals surface area contributed by atoms with E-state index in [2.05, 4.69) is 25.3 Å². The fourth-order valence-electron chi connectivity index (χ4n) is 2.98. The topological polar surface area (TPSA) is 59.1 Å². The molecule has 0 saturated heterocycles. The van der Waals surface area contributed by atoms with Crippen molar-refractivity contribution in [3.63, 3.8) is 0 Å². The Morgan fingerprint density at radius 1 is 1.03 bits per heavy atom. The molecule has 0 fully saturated rings. The Bertz CT molecular complexity index is 1030. The van der Waals surface area contributed by atoms with Gasteiger partial charge in [-0.25, -0.2) is 4.98 Å². The van der Waals surface area contributed by atoms with E-state index in [4.69, 9.17) is 11.6 Å². The van der Waals surface area contributed by atoms with Crippen molar-refractivity contribution in [1.82, 2.24) is 9.97 Å². The minimum absolute atomic E-state index is 0.317. The van der Waals surface area contributed by atoms with Gasteiger partial charge in [-0.1, -0.05) is 23.7 Å². The second-order valence-corrected chi connectivity index (χ2v) is 7.04. The third-order valence-electron chi connectivity index (χ3n) is 4.17. The fraction of sp³-hybridized carbons (Fsp3) is 0.238. The van der Waals surface area contributed by atoms with Crippen LogP contribution in [-0.2, 0) is 0 Å². The van der Waals surface area contributed by atoms with Crippen molar-refractivity contribution in [3.05, 3.63) is 58.6 Å². The van der Waals surface area contributed by atoms with Crippen molar-refractivity contribution in [3.8, 4) is 17.0 Å². The molecule has 0 unspecified atom stereocenters. The van der Waals surface area contributed by atoms with Crippen LogP contribution in [0.3, 0.4) is 0 Å². The average molecular weight is 437 g/mol. The minimum Gasteiger partial charge on any atom is -0.406 e. The van der Waals surface area contributed by atoms with Crippen molar-refractivity contribution in [2.24, 2.45) is 0 Å². The maximum Gasteiger partial charge on any atom is 0.573 e. The predicted molar refractivity (Wildman–Crippen MR) is 113 cm³/mol. The van der Waals surface area contributed by atoms with E-state index >= 15 is 0 Å². The van der Waals surface area contributed by atoms with Gasteiger partial charge in [0.2, 0.25) is 5.95 Å². The third kappa shape index (κ3) is 5.54. The van der Waals surface area contributed by atoms with Crippen molar-refractivity contribution >= 4 is 29.1 Å². The van der Waals surface area contributed by atoms with Crippen LogP contribution in [0.2, 0.25) is 5.02 Å². The fourth-order valence-corrected chi connectivity index (χ4v) is 3.31. The monoisotopic (exact) mass is 436 g/mol. The van der Waals surface area contributed by atoms with Crippen LogP contribution in [0.15, 0.2) is 42.5 Å². The summed E-state index contributed by atoms with van der Waals surface area (Å²) in [5.41, 5.74) is 3.63. The van der Waals surface area contributed by atoms with E-state index in [9.17, 15) is 13.2 Å². The average Bonchev–Trinajstić information content (AvgIpc) is 2.63. The van der Waals surface area contributed by atoms with Crippen LogP contribution in [0.25, 0.3) is 11.3 Å². The van der Waals surface area contributed by atoms with Gasteiger partial charge in [-0.2, -0.15) is 4.98 Å². The Morgan fingerprint density at radius 3 is 2.37 bits per heavy atom. The maximum atomic E-state index is 12.6. The van der Waals surface area contributed by atoms with Crippen molar-refractivity contribution in [2.45, 2.75) is 27.1 Å². The Labute approximate surface area is 177 Å².